The molecule has 0 radical (unpaired) electrons. The quantitative estimate of drug-likeness (QED) is 0.445. The molecule has 3 aromatic heterocycles. The van der Waals surface area contributed by atoms with Crippen molar-refractivity contribution in [1.29, 1.82) is 0 Å². The van der Waals surface area contributed by atoms with Crippen LogP contribution in [0.1, 0.15) is 11.5 Å². The highest BCUT2D eigenvalue weighted by molar-refractivity contribution is 5.77. The van der Waals surface area contributed by atoms with Gasteiger partial charge >= 0.3 is 0 Å². The van der Waals surface area contributed by atoms with Gasteiger partial charge in [-0.25, -0.2) is 20.4 Å². The summed E-state index contributed by atoms with van der Waals surface area (Å²) in [5.74, 6) is 2.86. The van der Waals surface area contributed by atoms with Crippen molar-refractivity contribution in [2.75, 3.05) is 32.7 Å². The summed E-state index contributed by atoms with van der Waals surface area (Å²) in [6.07, 6.45) is 7.31. The number of H-pyrrole nitrogens is 1. The summed E-state index contributed by atoms with van der Waals surface area (Å²) in [7, 11) is 5.21. The summed E-state index contributed by atoms with van der Waals surface area (Å²) in [6, 6.07) is 9.55. The minimum atomic E-state index is 0.467. The molecule has 5 rings (SSSR count). The normalized spacial score (nSPS) is 13.3. The number of ether oxygens (including phenoxy) is 2. The van der Waals surface area contributed by atoms with E-state index in [2.05, 4.69) is 20.4 Å². The maximum atomic E-state index is 5.48. The standard InChI is InChI=1S/C23H24N8O2/c1-30-13-15(11-27-30)20-12-26-19-4-5-22(29-23(19)28-20)31(14-21-24-6-7-25-21)16-8-17(32-2)10-18(9-16)33-3/h4-10,12-13,27H,11,14H2,1-3H3,(H,24,25). The number of hydrazine groups is 1. The van der Waals surface area contributed by atoms with Gasteiger partial charge in [-0.2, -0.15) is 0 Å². The van der Waals surface area contributed by atoms with Gasteiger partial charge in [-0.3, -0.25) is 4.98 Å². The zero-order valence-electron chi connectivity index (χ0n) is 18.6. The van der Waals surface area contributed by atoms with E-state index in [0.29, 0.717) is 36.1 Å². The van der Waals surface area contributed by atoms with Crippen LogP contribution in [0.3, 0.4) is 0 Å². The van der Waals surface area contributed by atoms with Crippen LogP contribution < -0.4 is 19.8 Å². The van der Waals surface area contributed by atoms with E-state index in [1.807, 2.05) is 53.5 Å². The second-order valence-electron chi connectivity index (χ2n) is 7.56. The third-order valence-electron chi connectivity index (χ3n) is 5.38. The molecular formula is C23H24N8O2. The van der Waals surface area contributed by atoms with Crippen molar-refractivity contribution in [2.24, 2.45) is 0 Å². The van der Waals surface area contributed by atoms with Crippen LogP contribution in [0.5, 0.6) is 11.5 Å². The Morgan fingerprint density at radius 3 is 2.55 bits per heavy atom. The van der Waals surface area contributed by atoms with E-state index in [1.165, 1.54) is 0 Å². The molecule has 0 atom stereocenters. The number of hydrogen-bond donors (Lipinski definition) is 2. The van der Waals surface area contributed by atoms with Crippen LogP contribution in [0.15, 0.2) is 55.1 Å². The highest BCUT2D eigenvalue weighted by Gasteiger charge is 2.18. The van der Waals surface area contributed by atoms with E-state index in [1.54, 1.807) is 32.8 Å². The van der Waals surface area contributed by atoms with E-state index < -0.39 is 0 Å². The van der Waals surface area contributed by atoms with Crippen LogP contribution in [-0.4, -0.2) is 57.7 Å². The first-order valence-electron chi connectivity index (χ1n) is 10.4. The highest BCUT2D eigenvalue weighted by atomic mass is 16.5. The topological polar surface area (TPSA) is 104 Å². The van der Waals surface area contributed by atoms with Gasteiger partial charge in [0.15, 0.2) is 5.65 Å². The lowest BCUT2D eigenvalue weighted by Crippen LogP contribution is -2.23. The molecule has 1 aliphatic heterocycles. The molecule has 10 nitrogen and oxygen atoms in total. The van der Waals surface area contributed by atoms with E-state index >= 15 is 0 Å². The number of benzene rings is 1. The van der Waals surface area contributed by atoms with Gasteiger partial charge in [-0.15, -0.1) is 0 Å². The summed E-state index contributed by atoms with van der Waals surface area (Å²) < 4.78 is 11.0. The van der Waals surface area contributed by atoms with Gasteiger partial charge in [0.1, 0.15) is 28.7 Å². The number of methoxy groups -OCH3 is 2. The molecule has 0 aliphatic carbocycles. The van der Waals surface area contributed by atoms with Gasteiger partial charge in [0.2, 0.25) is 0 Å². The van der Waals surface area contributed by atoms with Gasteiger partial charge in [0.25, 0.3) is 0 Å². The maximum Gasteiger partial charge on any atom is 0.180 e. The Hall–Kier alpha value is -4.18. The zero-order chi connectivity index (χ0) is 22.8. The van der Waals surface area contributed by atoms with Gasteiger partial charge in [-0.1, -0.05) is 0 Å². The number of pyridine rings is 1. The minimum Gasteiger partial charge on any atom is -0.497 e. The predicted molar refractivity (Wildman–Crippen MR) is 125 cm³/mol. The van der Waals surface area contributed by atoms with Crippen LogP contribution in [0, 0.1) is 0 Å². The molecule has 1 aromatic carbocycles. The van der Waals surface area contributed by atoms with E-state index in [-0.39, 0.29) is 0 Å². The second kappa shape index (κ2) is 8.75. The largest absolute Gasteiger partial charge is 0.497 e. The first-order chi connectivity index (χ1) is 16.1. The number of aromatic amines is 1. The average Bonchev–Trinajstić information content (AvgIpc) is 3.53. The number of fused-ring (bicyclic) bond motifs is 1. The Morgan fingerprint density at radius 2 is 1.88 bits per heavy atom. The summed E-state index contributed by atoms with van der Waals surface area (Å²) in [6.45, 7) is 1.17. The summed E-state index contributed by atoms with van der Waals surface area (Å²) in [4.78, 5) is 23.8. The van der Waals surface area contributed by atoms with Crippen molar-refractivity contribution < 1.29 is 9.47 Å². The van der Waals surface area contributed by atoms with Gasteiger partial charge in [0, 0.05) is 56.0 Å². The molecule has 2 N–H and O–H groups in total. The molecule has 0 saturated carbocycles. The van der Waals surface area contributed by atoms with Crippen molar-refractivity contribution in [1.82, 2.24) is 35.4 Å². The fourth-order valence-corrected chi connectivity index (χ4v) is 3.67. The third-order valence-corrected chi connectivity index (χ3v) is 5.38. The van der Waals surface area contributed by atoms with E-state index in [4.69, 9.17) is 19.4 Å². The number of imidazole rings is 1. The van der Waals surface area contributed by atoms with Crippen molar-refractivity contribution in [2.45, 2.75) is 6.54 Å². The molecular weight excluding hydrogens is 420 g/mol. The molecule has 0 fully saturated rings. The predicted octanol–water partition coefficient (Wildman–Crippen LogP) is 2.89. The van der Waals surface area contributed by atoms with Crippen LogP contribution in [0.2, 0.25) is 0 Å². The van der Waals surface area contributed by atoms with Crippen molar-refractivity contribution >= 4 is 28.2 Å². The monoisotopic (exact) mass is 444 g/mol. The van der Waals surface area contributed by atoms with Gasteiger partial charge in [0.05, 0.1) is 38.3 Å². The van der Waals surface area contributed by atoms with Gasteiger partial charge in [-0.05, 0) is 12.1 Å². The molecule has 0 spiro atoms. The lowest BCUT2D eigenvalue weighted by molar-refractivity contribution is 0.374. The number of rotatable bonds is 7. The van der Waals surface area contributed by atoms with E-state index in [0.717, 1.165) is 28.3 Å². The van der Waals surface area contributed by atoms with Gasteiger partial charge < -0.3 is 24.4 Å². The number of hydrogen-bond acceptors (Lipinski definition) is 9. The number of nitrogens with one attached hydrogen (secondary N) is 2. The number of aromatic nitrogens is 5. The molecule has 0 unspecified atom stereocenters. The Morgan fingerprint density at radius 1 is 1.06 bits per heavy atom. The van der Waals surface area contributed by atoms with Crippen molar-refractivity contribution in [3.8, 4) is 11.5 Å². The number of nitrogens with zero attached hydrogens (tertiary/aromatic N) is 6. The highest BCUT2D eigenvalue weighted by Crippen LogP contribution is 2.33. The first-order valence-corrected chi connectivity index (χ1v) is 10.4. The SMILES string of the molecule is COc1cc(OC)cc(N(Cc2ncc[nH]2)c2ccc3ncc(C4=CN(C)NC4)nc3n2)c1. The van der Waals surface area contributed by atoms with Crippen LogP contribution in [0.25, 0.3) is 16.7 Å². The fraction of sp³-hybridized carbons (Fsp3) is 0.217. The van der Waals surface area contributed by atoms with Crippen LogP contribution in [-0.2, 0) is 6.54 Å². The van der Waals surface area contributed by atoms with Crippen LogP contribution in [0.4, 0.5) is 11.5 Å². The molecule has 10 heteroatoms. The fourth-order valence-electron chi connectivity index (χ4n) is 3.67. The summed E-state index contributed by atoms with van der Waals surface area (Å²) >= 11 is 0. The molecule has 0 amide bonds. The lowest BCUT2D eigenvalue weighted by Gasteiger charge is -2.24. The second-order valence-corrected chi connectivity index (χ2v) is 7.56. The maximum absolute atomic E-state index is 5.48. The molecule has 0 saturated heterocycles. The minimum absolute atomic E-state index is 0.467. The summed E-state index contributed by atoms with van der Waals surface area (Å²) in [5.41, 5.74) is 7.22. The Kier molecular flexibility index (Phi) is 5.49. The number of anilines is 2. The Labute approximate surface area is 190 Å². The average molecular weight is 444 g/mol. The molecule has 33 heavy (non-hydrogen) atoms. The first kappa shape index (κ1) is 20.7. The Balaban J connectivity index is 1.59. The summed E-state index contributed by atoms with van der Waals surface area (Å²) in [5, 5.41) is 1.91. The van der Waals surface area contributed by atoms with Crippen molar-refractivity contribution in [3.63, 3.8) is 0 Å². The van der Waals surface area contributed by atoms with E-state index in [9.17, 15) is 0 Å². The lowest BCUT2D eigenvalue weighted by atomic mass is 10.2. The van der Waals surface area contributed by atoms with Crippen molar-refractivity contribution in [3.05, 3.63) is 66.6 Å². The van der Waals surface area contributed by atoms with Crippen LogP contribution >= 0.6 is 0 Å². The third kappa shape index (κ3) is 4.28. The molecule has 168 valence electrons. The Bertz CT molecular complexity index is 1280. The molecule has 4 aromatic rings. The molecule has 4 heterocycles. The smallest absolute Gasteiger partial charge is 0.180 e. The molecule has 0 bridgehead atoms. The zero-order valence-corrected chi connectivity index (χ0v) is 18.6. The molecule has 1 aliphatic rings.